The van der Waals surface area contributed by atoms with E-state index in [2.05, 4.69) is 92.1 Å². The minimum atomic E-state index is -0.360. The third kappa shape index (κ3) is 7.46. The van der Waals surface area contributed by atoms with Crippen LogP contribution in [0.15, 0.2) is 97.1 Å². The normalized spacial score (nSPS) is 23.3. The number of nitrogens with one attached hydrogen (secondary N) is 2. The van der Waals surface area contributed by atoms with Crippen molar-refractivity contribution in [3.05, 3.63) is 119 Å². The molecule has 9 nitrogen and oxygen atoms in total. The zero-order valence-corrected chi connectivity index (χ0v) is 29.0. The molecular weight excluding hydrogens is 638 g/mol. The Hall–Kier alpha value is -4.86. The molecule has 264 valence electrons. The second kappa shape index (κ2) is 14.8. The van der Waals surface area contributed by atoms with E-state index in [4.69, 9.17) is 4.74 Å². The molecule has 9 heteroatoms. The van der Waals surface area contributed by atoms with Crippen molar-refractivity contribution in [2.24, 2.45) is 0 Å². The minimum absolute atomic E-state index is 0.150. The molecule has 51 heavy (non-hydrogen) atoms. The molecule has 4 aliphatic rings. The number of piperazine rings is 1. The van der Waals surface area contributed by atoms with E-state index in [9.17, 15) is 14.7 Å². The topological polar surface area (TPSA) is 97.4 Å². The van der Waals surface area contributed by atoms with Crippen molar-refractivity contribution in [1.29, 1.82) is 0 Å². The van der Waals surface area contributed by atoms with Crippen LogP contribution in [0.3, 0.4) is 0 Å². The summed E-state index contributed by atoms with van der Waals surface area (Å²) in [5.74, 6) is 0.912. The lowest BCUT2D eigenvalue weighted by molar-refractivity contribution is -0.133. The zero-order chi connectivity index (χ0) is 34.7. The number of phenolic OH excluding ortho intramolecular Hbond substituents is 1. The molecule has 4 aromatic rings. The van der Waals surface area contributed by atoms with Crippen molar-refractivity contribution in [2.75, 3.05) is 56.1 Å². The number of phenols is 1. The SMILES string of the molecule is O=C1CCC(Nc2ccc(CN3CCN(C4CCN(c5ccc(C6c7ccc(O)cc7OCC6c6ccccc6)cc5)CC4)CC3)cc2)C(=O)N1. The third-order valence-electron chi connectivity index (χ3n) is 11.3. The van der Waals surface area contributed by atoms with Crippen molar-refractivity contribution in [2.45, 2.75) is 56.1 Å². The van der Waals surface area contributed by atoms with Gasteiger partial charge in [-0.1, -0.05) is 60.7 Å². The van der Waals surface area contributed by atoms with Crippen LogP contribution in [0.5, 0.6) is 11.5 Å². The summed E-state index contributed by atoms with van der Waals surface area (Å²) in [6.07, 6.45) is 3.25. The van der Waals surface area contributed by atoms with E-state index in [1.807, 2.05) is 18.2 Å². The number of carbonyl (C=O) groups excluding carboxylic acids is 2. The van der Waals surface area contributed by atoms with Gasteiger partial charge in [-0.15, -0.1) is 0 Å². The van der Waals surface area contributed by atoms with Crippen molar-refractivity contribution in [3.8, 4) is 11.5 Å². The monoisotopic (exact) mass is 685 g/mol. The van der Waals surface area contributed by atoms with Crippen molar-refractivity contribution >= 4 is 23.2 Å². The van der Waals surface area contributed by atoms with Gasteiger partial charge in [-0.2, -0.15) is 0 Å². The Morgan fingerprint density at radius 3 is 2.25 bits per heavy atom. The van der Waals surface area contributed by atoms with E-state index in [1.54, 1.807) is 12.1 Å². The largest absolute Gasteiger partial charge is 0.508 e. The summed E-state index contributed by atoms with van der Waals surface area (Å²) in [6.45, 7) is 7.96. The number of anilines is 2. The van der Waals surface area contributed by atoms with Gasteiger partial charge in [-0.05, 0) is 66.3 Å². The van der Waals surface area contributed by atoms with Gasteiger partial charge in [0.2, 0.25) is 11.8 Å². The Balaban J connectivity index is 0.830. The highest BCUT2D eigenvalue weighted by molar-refractivity contribution is 6.01. The van der Waals surface area contributed by atoms with E-state index in [1.165, 1.54) is 35.2 Å². The maximum absolute atomic E-state index is 12.1. The molecule has 3 fully saturated rings. The third-order valence-corrected chi connectivity index (χ3v) is 11.3. The highest BCUT2D eigenvalue weighted by Gasteiger charge is 2.34. The number of aromatic hydroxyl groups is 1. The number of piperidine rings is 2. The number of amides is 2. The van der Waals surface area contributed by atoms with Gasteiger partial charge in [0.15, 0.2) is 0 Å². The van der Waals surface area contributed by atoms with E-state index in [0.717, 1.165) is 62.8 Å². The van der Waals surface area contributed by atoms with E-state index < -0.39 is 0 Å². The molecule has 0 saturated carbocycles. The van der Waals surface area contributed by atoms with Gasteiger partial charge in [0.25, 0.3) is 0 Å². The molecule has 3 atom stereocenters. The summed E-state index contributed by atoms with van der Waals surface area (Å²) in [7, 11) is 0. The predicted octanol–water partition coefficient (Wildman–Crippen LogP) is 5.70. The smallest absolute Gasteiger partial charge is 0.249 e. The number of carbonyl (C=O) groups is 2. The van der Waals surface area contributed by atoms with Gasteiger partial charge in [0, 0.05) is 93.1 Å². The minimum Gasteiger partial charge on any atom is -0.508 e. The van der Waals surface area contributed by atoms with Crippen LogP contribution in [0.1, 0.15) is 59.8 Å². The molecule has 0 bridgehead atoms. The molecule has 0 aliphatic carbocycles. The number of benzene rings is 4. The summed E-state index contributed by atoms with van der Waals surface area (Å²) < 4.78 is 6.17. The summed E-state index contributed by atoms with van der Waals surface area (Å²) in [4.78, 5) is 31.3. The number of fused-ring (bicyclic) bond motifs is 1. The Kier molecular flexibility index (Phi) is 9.65. The maximum atomic E-state index is 12.1. The number of rotatable bonds is 8. The lowest BCUT2D eigenvalue weighted by Crippen LogP contribution is -2.53. The average molecular weight is 686 g/mol. The fraction of sp³-hybridized carbons (Fsp3) is 0.381. The molecule has 4 aromatic carbocycles. The fourth-order valence-corrected chi connectivity index (χ4v) is 8.46. The van der Waals surface area contributed by atoms with Crippen LogP contribution < -0.4 is 20.3 Å². The molecule has 0 aromatic heterocycles. The van der Waals surface area contributed by atoms with Gasteiger partial charge < -0.3 is 20.1 Å². The molecule has 4 aliphatic heterocycles. The van der Waals surface area contributed by atoms with Crippen LogP contribution in [0.2, 0.25) is 0 Å². The Labute approximate surface area is 300 Å². The van der Waals surface area contributed by atoms with E-state index in [-0.39, 0.29) is 35.4 Å². The molecule has 3 saturated heterocycles. The molecule has 0 radical (unpaired) electrons. The summed E-state index contributed by atoms with van der Waals surface area (Å²) >= 11 is 0. The van der Waals surface area contributed by atoms with Gasteiger partial charge in [0.1, 0.15) is 17.5 Å². The standard InChI is InChI=1S/C42H47N5O4/c48-35-14-15-36-39(26-35)51-28-37(30-4-2-1-3-5-30)41(36)31-8-12-33(13-9-31)46-20-18-34(19-21-46)47-24-22-45(23-25-47)27-29-6-10-32(11-7-29)43-38-16-17-40(49)44-42(38)50/h1-15,26,34,37-38,41,43,48H,16-25,27-28H2,(H,44,49,50). The molecule has 3 unspecified atom stereocenters. The lowest BCUT2D eigenvalue weighted by Gasteiger charge is -2.43. The van der Waals surface area contributed by atoms with Crippen LogP contribution in [0.4, 0.5) is 11.4 Å². The van der Waals surface area contributed by atoms with Crippen molar-refractivity contribution in [3.63, 3.8) is 0 Å². The first-order valence-electron chi connectivity index (χ1n) is 18.5. The van der Waals surface area contributed by atoms with Crippen molar-refractivity contribution in [1.82, 2.24) is 15.1 Å². The number of hydrogen-bond acceptors (Lipinski definition) is 8. The number of nitrogens with zero attached hydrogens (tertiary/aromatic N) is 3. The number of hydrogen-bond donors (Lipinski definition) is 3. The molecular formula is C42H47N5O4. The van der Waals surface area contributed by atoms with E-state index in [0.29, 0.717) is 25.5 Å². The summed E-state index contributed by atoms with van der Waals surface area (Å²) in [5.41, 5.74) is 7.13. The van der Waals surface area contributed by atoms with Gasteiger partial charge in [0.05, 0.1) is 6.61 Å². The average Bonchev–Trinajstić information content (AvgIpc) is 3.17. The quantitative estimate of drug-likeness (QED) is 0.203. The Bertz CT molecular complexity index is 1820. The number of ether oxygens (including phenoxy) is 1. The Morgan fingerprint density at radius 1 is 0.784 bits per heavy atom. The van der Waals surface area contributed by atoms with E-state index >= 15 is 0 Å². The first-order chi connectivity index (χ1) is 25.0. The highest BCUT2D eigenvalue weighted by atomic mass is 16.5. The second-order valence-electron chi connectivity index (χ2n) is 14.5. The lowest BCUT2D eigenvalue weighted by atomic mass is 9.76. The van der Waals surface area contributed by atoms with Crippen LogP contribution in [0.25, 0.3) is 0 Å². The molecule has 2 amide bonds. The molecule has 3 N–H and O–H groups in total. The number of imide groups is 1. The predicted molar refractivity (Wildman–Crippen MR) is 199 cm³/mol. The highest BCUT2D eigenvalue weighted by Crippen LogP contribution is 2.47. The first-order valence-corrected chi connectivity index (χ1v) is 18.5. The first kappa shape index (κ1) is 33.3. The fourth-order valence-electron chi connectivity index (χ4n) is 8.46. The zero-order valence-electron chi connectivity index (χ0n) is 29.0. The summed E-state index contributed by atoms with van der Waals surface area (Å²) in [5, 5.41) is 15.8. The van der Waals surface area contributed by atoms with Crippen LogP contribution in [-0.2, 0) is 16.1 Å². The molecule has 8 rings (SSSR count). The van der Waals surface area contributed by atoms with Gasteiger partial charge in [-0.3, -0.25) is 24.7 Å². The molecule has 0 spiro atoms. The second-order valence-corrected chi connectivity index (χ2v) is 14.5. The molecule has 4 heterocycles. The Morgan fingerprint density at radius 2 is 1.53 bits per heavy atom. The van der Waals surface area contributed by atoms with Crippen LogP contribution >= 0.6 is 0 Å². The van der Waals surface area contributed by atoms with Gasteiger partial charge in [-0.25, -0.2) is 0 Å². The van der Waals surface area contributed by atoms with Crippen molar-refractivity contribution < 1.29 is 19.4 Å². The van der Waals surface area contributed by atoms with Crippen LogP contribution in [0, 0.1) is 0 Å². The summed E-state index contributed by atoms with van der Waals surface area (Å²) in [6, 6.07) is 34.0. The maximum Gasteiger partial charge on any atom is 0.249 e. The van der Waals surface area contributed by atoms with Crippen LogP contribution in [-0.4, -0.2) is 84.7 Å². The van der Waals surface area contributed by atoms with Gasteiger partial charge >= 0.3 is 0 Å².